The molecule has 1 N–H and O–H groups in total. The molecule has 6 nitrogen and oxygen atoms in total. The van der Waals surface area contributed by atoms with Crippen LogP contribution in [0.5, 0.6) is 5.75 Å². The average Bonchev–Trinajstić information content (AvgIpc) is 3.21. The third-order valence-electron chi connectivity index (χ3n) is 4.91. The molecule has 7 heteroatoms. The minimum absolute atomic E-state index is 0.262. The number of pyridine rings is 1. The summed E-state index contributed by atoms with van der Waals surface area (Å²) in [7, 11) is 1.56. The highest BCUT2D eigenvalue weighted by atomic mass is 79.9. The first-order valence-corrected chi connectivity index (χ1v) is 10.3. The van der Waals surface area contributed by atoms with E-state index in [0.29, 0.717) is 34.0 Å². The van der Waals surface area contributed by atoms with Crippen LogP contribution in [0.4, 0.5) is 5.69 Å². The Bertz CT molecular complexity index is 1450. The number of rotatable bonds is 4. The van der Waals surface area contributed by atoms with Crippen LogP contribution in [0.1, 0.15) is 10.4 Å². The molecule has 0 saturated heterocycles. The monoisotopic (exact) mass is 473 g/mol. The molecule has 31 heavy (non-hydrogen) atoms. The zero-order valence-corrected chi connectivity index (χ0v) is 18.0. The Morgan fingerprint density at radius 2 is 1.84 bits per heavy atom. The Morgan fingerprint density at radius 3 is 2.61 bits per heavy atom. The highest BCUT2D eigenvalue weighted by Crippen LogP contribution is 2.29. The van der Waals surface area contributed by atoms with Crippen LogP contribution < -0.4 is 10.1 Å². The van der Waals surface area contributed by atoms with Crippen LogP contribution in [0.3, 0.4) is 0 Å². The molecule has 0 aliphatic carbocycles. The van der Waals surface area contributed by atoms with Gasteiger partial charge in [-0.15, -0.1) is 0 Å². The molecule has 5 rings (SSSR count). The number of carbonyl (C=O) groups excluding carboxylic acids is 1. The second-order valence-corrected chi connectivity index (χ2v) is 7.86. The third-order valence-corrected chi connectivity index (χ3v) is 5.34. The normalized spacial score (nSPS) is 11.0. The quantitative estimate of drug-likeness (QED) is 0.342. The van der Waals surface area contributed by atoms with Crippen LogP contribution in [-0.4, -0.2) is 23.0 Å². The van der Waals surface area contributed by atoms with Crippen LogP contribution in [0.25, 0.3) is 33.3 Å². The summed E-state index contributed by atoms with van der Waals surface area (Å²) in [6.45, 7) is 0. The van der Waals surface area contributed by atoms with E-state index in [-0.39, 0.29) is 5.91 Å². The van der Waals surface area contributed by atoms with Gasteiger partial charge < -0.3 is 14.5 Å². The molecule has 0 fully saturated rings. The van der Waals surface area contributed by atoms with Gasteiger partial charge in [0.15, 0.2) is 5.58 Å². The summed E-state index contributed by atoms with van der Waals surface area (Å²) in [6, 6.07) is 18.8. The Hall–Kier alpha value is -3.71. The van der Waals surface area contributed by atoms with Gasteiger partial charge in [-0.05, 0) is 63.1 Å². The topological polar surface area (TPSA) is 77.2 Å². The van der Waals surface area contributed by atoms with Gasteiger partial charge in [-0.25, -0.2) is 4.98 Å². The molecule has 0 saturated carbocycles. The predicted molar refractivity (Wildman–Crippen MR) is 123 cm³/mol. The van der Waals surface area contributed by atoms with Gasteiger partial charge in [0.2, 0.25) is 5.89 Å². The number of carbonyl (C=O) groups is 1. The lowest BCUT2D eigenvalue weighted by molar-refractivity contribution is 0.102. The van der Waals surface area contributed by atoms with Gasteiger partial charge in [0.25, 0.3) is 5.91 Å². The first kappa shape index (κ1) is 19.3. The van der Waals surface area contributed by atoms with Gasteiger partial charge in [-0.2, -0.15) is 0 Å². The number of aromatic nitrogens is 2. The number of benzene rings is 3. The van der Waals surface area contributed by atoms with Crippen LogP contribution in [0, 0.1) is 0 Å². The SMILES string of the molecule is COc1cc2ccccc2cc1C(=O)Nc1ccc2oc(-c3cncc(Br)c3)nc2c1. The summed E-state index contributed by atoms with van der Waals surface area (Å²) in [5.74, 6) is 0.716. The van der Waals surface area contributed by atoms with E-state index in [2.05, 4.69) is 31.2 Å². The van der Waals surface area contributed by atoms with Crippen molar-refractivity contribution < 1.29 is 13.9 Å². The molecule has 0 aliphatic rings. The van der Waals surface area contributed by atoms with Crippen LogP contribution >= 0.6 is 15.9 Å². The van der Waals surface area contributed by atoms with Gasteiger partial charge in [-0.1, -0.05) is 24.3 Å². The van der Waals surface area contributed by atoms with Crippen molar-refractivity contribution in [2.24, 2.45) is 0 Å². The number of halogens is 1. The lowest BCUT2D eigenvalue weighted by Crippen LogP contribution is -2.13. The van der Waals surface area contributed by atoms with Crippen molar-refractivity contribution in [1.29, 1.82) is 0 Å². The molecular weight excluding hydrogens is 458 g/mol. The number of anilines is 1. The van der Waals surface area contributed by atoms with E-state index in [0.717, 1.165) is 20.8 Å². The zero-order chi connectivity index (χ0) is 21.4. The third kappa shape index (κ3) is 3.75. The molecular formula is C24H16BrN3O3. The van der Waals surface area contributed by atoms with E-state index >= 15 is 0 Å². The zero-order valence-electron chi connectivity index (χ0n) is 16.4. The van der Waals surface area contributed by atoms with E-state index in [9.17, 15) is 4.79 Å². The maximum absolute atomic E-state index is 13.0. The van der Waals surface area contributed by atoms with E-state index in [1.165, 1.54) is 0 Å². The number of fused-ring (bicyclic) bond motifs is 2. The first-order chi connectivity index (χ1) is 15.1. The van der Waals surface area contributed by atoms with Crippen molar-refractivity contribution in [3.63, 3.8) is 0 Å². The smallest absolute Gasteiger partial charge is 0.259 e. The summed E-state index contributed by atoms with van der Waals surface area (Å²) in [4.78, 5) is 21.7. The molecule has 2 aromatic heterocycles. The lowest BCUT2D eigenvalue weighted by atomic mass is 10.1. The van der Waals surface area contributed by atoms with Crippen LogP contribution in [0.2, 0.25) is 0 Å². The molecule has 0 atom stereocenters. The molecule has 0 unspecified atom stereocenters. The minimum Gasteiger partial charge on any atom is -0.496 e. The fourth-order valence-electron chi connectivity index (χ4n) is 3.42. The Balaban J connectivity index is 1.46. The molecule has 0 bridgehead atoms. The summed E-state index contributed by atoms with van der Waals surface area (Å²) in [6.07, 6.45) is 3.38. The van der Waals surface area contributed by atoms with E-state index in [1.807, 2.05) is 42.5 Å². The second-order valence-electron chi connectivity index (χ2n) is 6.95. The molecule has 5 aromatic rings. The molecule has 0 aliphatic heterocycles. The van der Waals surface area contributed by atoms with Gasteiger partial charge in [0.1, 0.15) is 11.3 Å². The summed E-state index contributed by atoms with van der Waals surface area (Å²) in [5, 5.41) is 4.90. The second kappa shape index (κ2) is 7.85. The highest BCUT2D eigenvalue weighted by Gasteiger charge is 2.15. The minimum atomic E-state index is -0.262. The number of nitrogens with one attached hydrogen (secondary N) is 1. The number of methoxy groups -OCH3 is 1. The summed E-state index contributed by atoms with van der Waals surface area (Å²) < 4.78 is 12.1. The number of amides is 1. The number of hydrogen-bond donors (Lipinski definition) is 1. The molecule has 0 radical (unpaired) electrons. The number of ether oxygens (including phenoxy) is 1. The van der Waals surface area contributed by atoms with Crippen molar-refractivity contribution in [1.82, 2.24) is 9.97 Å². The highest BCUT2D eigenvalue weighted by molar-refractivity contribution is 9.10. The largest absolute Gasteiger partial charge is 0.496 e. The maximum Gasteiger partial charge on any atom is 0.259 e. The number of nitrogens with zero attached hydrogens (tertiary/aromatic N) is 2. The Kier molecular flexibility index (Phi) is 4.88. The van der Waals surface area contributed by atoms with Crippen molar-refractivity contribution in [3.8, 4) is 17.2 Å². The molecule has 152 valence electrons. The van der Waals surface area contributed by atoms with E-state index in [1.54, 1.807) is 37.7 Å². The van der Waals surface area contributed by atoms with Crippen molar-refractivity contribution >= 4 is 49.4 Å². The van der Waals surface area contributed by atoms with Crippen molar-refractivity contribution in [2.75, 3.05) is 12.4 Å². The fraction of sp³-hybridized carbons (Fsp3) is 0.0417. The summed E-state index contributed by atoms with van der Waals surface area (Å²) in [5.41, 5.74) is 3.09. The van der Waals surface area contributed by atoms with E-state index < -0.39 is 0 Å². The molecule has 0 spiro atoms. The molecule has 3 aromatic carbocycles. The summed E-state index contributed by atoms with van der Waals surface area (Å²) >= 11 is 3.40. The van der Waals surface area contributed by atoms with Crippen molar-refractivity contribution in [3.05, 3.63) is 83.1 Å². The fourth-order valence-corrected chi connectivity index (χ4v) is 3.79. The van der Waals surface area contributed by atoms with Crippen LogP contribution in [-0.2, 0) is 0 Å². The predicted octanol–water partition coefficient (Wildman–Crippen LogP) is 6.07. The lowest BCUT2D eigenvalue weighted by Gasteiger charge is -2.11. The van der Waals surface area contributed by atoms with Gasteiger partial charge in [0, 0.05) is 22.6 Å². The first-order valence-electron chi connectivity index (χ1n) is 9.50. The van der Waals surface area contributed by atoms with Gasteiger partial charge in [-0.3, -0.25) is 9.78 Å². The van der Waals surface area contributed by atoms with Gasteiger partial charge >= 0.3 is 0 Å². The standard InChI is InChI=1S/C24H16BrN3O3/c1-30-22-10-15-5-3-2-4-14(15)9-19(22)23(29)27-18-6-7-21-20(11-18)28-24(31-21)16-8-17(25)13-26-12-16/h2-13H,1H3,(H,27,29). The van der Waals surface area contributed by atoms with Crippen molar-refractivity contribution in [2.45, 2.75) is 0 Å². The van der Waals surface area contributed by atoms with E-state index in [4.69, 9.17) is 9.15 Å². The maximum atomic E-state index is 13.0. The Morgan fingerprint density at radius 1 is 1.03 bits per heavy atom. The Labute approximate surface area is 186 Å². The number of hydrogen-bond acceptors (Lipinski definition) is 5. The van der Waals surface area contributed by atoms with Gasteiger partial charge in [0.05, 0.1) is 18.2 Å². The number of oxazole rings is 1. The molecule has 1 amide bonds. The average molecular weight is 474 g/mol. The van der Waals surface area contributed by atoms with Crippen LogP contribution in [0.15, 0.2) is 81.9 Å². The molecule has 2 heterocycles.